The molecule has 2 aliphatic heterocycles. The number of hydrogen-bond acceptors (Lipinski definition) is 7. The molecule has 3 aliphatic rings. The molecule has 0 atom stereocenters. The lowest BCUT2D eigenvalue weighted by Gasteiger charge is -2.26. The average Bonchev–Trinajstić information content (AvgIpc) is 3.72. The third-order valence-electron chi connectivity index (χ3n) is 7.58. The summed E-state index contributed by atoms with van der Waals surface area (Å²) in [5.41, 5.74) is 3.39. The summed E-state index contributed by atoms with van der Waals surface area (Å²) in [6.45, 7) is 6.88. The summed E-state index contributed by atoms with van der Waals surface area (Å²) in [4.78, 5) is 17.9. The third-order valence-corrected chi connectivity index (χ3v) is 8.49. The zero-order valence-corrected chi connectivity index (χ0v) is 24.1. The molecule has 0 N–H and O–H groups in total. The first-order valence-corrected chi connectivity index (χ1v) is 14.6. The van der Waals surface area contributed by atoms with Gasteiger partial charge < -0.3 is 18.8 Å². The van der Waals surface area contributed by atoms with E-state index in [2.05, 4.69) is 31.0 Å². The van der Waals surface area contributed by atoms with Crippen LogP contribution in [0.5, 0.6) is 5.75 Å². The highest BCUT2D eigenvalue weighted by Crippen LogP contribution is 2.45. The largest absolute Gasteiger partial charge is 0.493 e. The van der Waals surface area contributed by atoms with E-state index in [4.69, 9.17) is 13.9 Å². The monoisotopic (exact) mass is 610 g/mol. The van der Waals surface area contributed by atoms with Gasteiger partial charge in [-0.1, -0.05) is 12.1 Å². The van der Waals surface area contributed by atoms with Gasteiger partial charge in [-0.25, -0.2) is 4.39 Å². The SMILES string of the molecule is Cc1ccc(CN2C(=O)CC(c3nnc(C4CC4)o3)=C(Br)c3ccc(OCCCN4CCOCC4)cc32)cc1F. The Morgan fingerprint density at radius 3 is 2.73 bits per heavy atom. The van der Waals surface area contributed by atoms with E-state index < -0.39 is 0 Å². The maximum absolute atomic E-state index is 14.4. The van der Waals surface area contributed by atoms with Gasteiger partial charge in [0.1, 0.15) is 11.6 Å². The molecule has 1 aromatic heterocycles. The molecule has 40 heavy (non-hydrogen) atoms. The average molecular weight is 612 g/mol. The van der Waals surface area contributed by atoms with Gasteiger partial charge in [0, 0.05) is 47.2 Å². The van der Waals surface area contributed by atoms with Crippen LogP contribution >= 0.6 is 15.9 Å². The fourth-order valence-corrected chi connectivity index (χ4v) is 5.69. The van der Waals surface area contributed by atoms with E-state index in [-0.39, 0.29) is 24.7 Å². The lowest BCUT2D eigenvalue weighted by atomic mass is 10.1. The number of morpholine rings is 1. The van der Waals surface area contributed by atoms with Crippen LogP contribution in [0.3, 0.4) is 0 Å². The second kappa shape index (κ2) is 11.8. The molecule has 0 unspecified atom stereocenters. The number of fused-ring (bicyclic) bond motifs is 1. The van der Waals surface area contributed by atoms with E-state index in [1.165, 1.54) is 6.07 Å². The molecule has 0 spiro atoms. The predicted molar refractivity (Wildman–Crippen MR) is 153 cm³/mol. The molecule has 3 aromatic rings. The van der Waals surface area contributed by atoms with Gasteiger partial charge in [0.05, 0.1) is 38.5 Å². The quantitative estimate of drug-likeness (QED) is 0.288. The van der Waals surface area contributed by atoms with Crippen LogP contribution < -0.4 is 9.64 Å². The first kappa shape index (κ1) is 27.1. The van der Waals surface area contributed by atoms with Crippen molar-refractivity contribution < 1.29 is 23.1 Å². The number of ether oxygens (including phenoxy) is 2. The maximum Gasteiger partial charge on any atom is 0.245 e. The number of carbonyl (C=O) groups is 1. The lowest BCUT2D eigenvalue weighted by Crippen LogP contribution is -2.37. The van der Waals surface area contributed by atoms with E-state index in [0.717, 1.165) is 62.2 Å². The molecule has 210 valence electrons. The smallest absolute Gasteiger partial charge is 0.245 e. The number of aromatic nitrogens is 2. The van der Waals surface area contributed by atoms with Crippen molar-refractivity contribution in [1.29, 1.82) is 0 Å². The van der Waals surface area contributed by atoms with E-state index in [1.807, 2.05) is 24.3 Å². The molecule has 8 nitrogen and oxygen atoms in total. The summed E-state index contributed by atoms with van der Waals surface area (Å²) in [5.74, 6) is 1.50. The Morgan fingerprint density at radius 2 is 1.95 bits per heavy atom. The predicted octanol–water partition coefficient (Wildman–Crippen LogP) is 5.70. The molecule has 1 saturated carbocycles. The summed E-state index contributed by atoms with van der Waals surface area (Å²) >= 11 is 3.75. The molecule has 2 fully saturated rings. The van der Waals surface area contributed by atoms with Crippen LogP contribution in [0.25, 0.3) is 10.1 Å². The number of amides is 1. The van der Waals surface area contributed by atoms with E-state index >= 15 is 0 Å². The van der Waals surface area contributed by atoms with Crippen molar-refractivity contribution in [3.05, 3.63) is 70.7 Å². The summed E-state index contributed by atoms with van der Waals surface area (Å²) in [5, 5.41) is 8.50. The topological polar surface area (TPSA) is 80.9 Å². The molecule has 0 radical (unpaired) electrons. The van der Waals surface area contributed by atoms with Gasteiger partial charge in [0.2, 0.25) is 17.7 Å². The summed E-state index contributed by atoms with van der Waals surface area (Å²) < 4.78 is 32.7. The fourth-order valence-electron chi connectivity index (χ4n) is 5.05. The molecule has 3 heterocycles. The van der Waals surface area contributed by atoms with Crippen LogP contribution in [0.4, 0.5) is 10.1 Å². The van der Waals surface area contributed by atoms with Crippen LogP contribution in [-0.4, -0.2) is 60.5 Å². The number of halogens is 2. The van der Waals surface area contributed by atoms with Crippen LogP contribution in [0, 0.1) is 12.7 Å². The highest BCUT2D eigenvalue weighted by molar-refractivity contribution is 9.15. The van der Waals surface area contributed by atoms with Crippen molar-refractivity contribution >= 4 is 37.6 Å². The molecule has 10 heteroatoms. The van der Waals surface area contributed by atoms with Crippen LogP contribution in [0.2, 0.25) is 0 Å². The molecule has 2 aromatic carbocycles. The Bertz CT molecular complexity index is 1430. The Labute approximate surface area is 241 Å². The van der Waals surface area contributed by atoms with Crippen molar-refractivity contribution in [2.24, 2.45) is 0 Å². The number of carbonyl (C=O) groups excluding carboxylic acids is 1. The second-order valence-electron chi connectivity index (χ2n) is 10.6. The Morgan fingerprint density at radius 1 is 1.12 bits per heavy atom. The van der Waals surface area contributed by atoms with Gasteiger partial charge >= 0.3 is 0 Å². The van der Waals surface area contributed by atoms with Crippen molar-refractivity contribution in [3.63, 3.8) is 0 Å². The summed E-state index contributed by atoms with van der Waals surface area (Å²) in [7, 11) is 0. The normalized spacial score (nSPS) is 18.2. The minimum Gasteiger partial charge on any atom is -0.493 e. The van der Waals surface area contributed by atoms with Gasteiger partial charge in [-0.05, 0) is 71.4 Å². The molecule has 1 saturated heterocycles. The van der Waals surface area contributed by atoms with Crippen LogP contribution in [0.15, 0.2) is 40.8 Å². The number of hydrogen-bond donors (Lipinski definition) is 0. The van der Waals surface area contributed by atoms with Crippen molar-refractivity contribution in [2.75, 3.05) is 44.4 Å². The minimum absolute atomic E-state index is 0.0612. The zero-order chi connectivity index (χ0) is 27.6. The Balaban J connectivity index is 1.28. The van der Waals surface area contributed by atoms with Crippen molar-refractivity contribution in [3.8, 4) is 5.75 Å². The summed E-state index contributed by atoms with van der Waals surface area (Å²) in [6, 6.07) is 10.8. The van der Waals surface area contributed by atoms with Gasteiger partial charge in [-0.2, -0.15) is 0 Å². The molecular weight excluding hydrogens is 579 g/mol. The number of aryl methyl sites for hydroxylation is 1. The highest BCUT2D eigenvalue weighted by Gasteiger charge is 2.33. The first-order valence-electron chi connectivity index (χ1n) is 13.8. The molecular formula is C30H32BrFN4O4. The van der Waals surface area contributed by atoms with Crippen molar-refractivity contribution in [1.82, 2.24) is 15.1 Å². The number of rotatable bonds is 9. The van der Waals surface area contributed by atoms with Gasteiger partial charge in [0.25, 0.3) is 0 Å². The molecule has 0 bridgehead atoms. The minimum atomic E-state index is -0.296. The summed E-state index contributed by atoms with van der Waals surface area (Å²) in [6.07, 6.45) is 3.03. The number of benzene rings is 2. The van der Waals surface area contributed by atoms with Crippen molar-refractivity contribution in [2.45, 2.75) is 45.1 Å². The lowest BCUT2D eigenvalue weighted by molar-refractivity contribution is -0.117. The van der Waals surface area contributed by atoms with E-state index in [1.54, 1.807) is 17.9 Å². The fraction of sp³-hybridized carbons (Fsp3) is 0.433. The third kappa shape index (κ3) is 5.99. The Hall–Kier alpha value is -3.08. The molecule has 1 amide bonds. The molecule has 6 rings (SSSR count). The van der Waals surface area contributed by atoms with E-state index in [0.29, 0.717) is 52.4 Å². The second-order valence-corrected chi connectivity index (χ2v) is 11.4. The molecule has 1 aliphatic carbocycles. The number of nitrogens with zero attached hydrogens (tertiary/aromatic N) is 4. The highest BCUT2D eigenvalue weighted by atomic mass is 79.9. The van der Waals surface area contributed by atoms with Crippen LogP contribution in [0.1, 0.15) is 60.1 Å². The van der Waals surface area contributed by atoms with E-state index in [9.17, 15) is 9.18 Å². The van der Waals surface area contributed by atoms with Gasteiger partial charge in [0.15, 0.2) is 0 Å². The number of anilines is 1. The zero-order valence-electron chi connectivity index (χ0n) is 22.5. The standard InChI is InChI=1S/C30H32BrFN4O4/c1-19-3-4-20(15-25(19)32)18-36-26-16-22(39-12-2-9-35-10-13-38-14-11-35)7-8-23(26)28(31)24(17-27(36)37)30-34-33-29(40-30)21-5-6-21/h3-4,7-8,15-16,21H,2,5-6,9-14,17-18H2,1H3. The van der Waals surface area contributed by atoms with Gasteiger partial charge in [-0.15, -0.1) is 10.2 Å². The van der Waals surface area contributed by atoms with Gasteiger partial charge in [-0.3, -0.25) is 9.69 Å². The first-order chi connectivity index (χ1) is 19.5. The Kier molecular flexibility index (Phi) is 8.00. The van der Waals surface area contributed by atoms with Crippen LogP contribution in [-0.2, 0) is 16.1 Å². The maximum atomic E-state index is 14.4.